The van der Waals surface area contributed by atoms with E-state index in [2.05, 4.69) is 35.6 Å². The molecule has 0 aliphatic carbocycles. The Balaban J connectivity index is 1.71. The summed E-state index contributed by atoms with van der Waals surface area (Å²) in [6, 6.07) is 2.67. The monoisotopic (exact) mass is 429 g/mol. The molecule has 0 amide bonds. The van der Waals surface area contributed by atoms with Crippen molar-refractivity contribution in [3.8, 4) is 16.9 Å². The van der Waals surface area contributed by atoms with Crippen molar-refractivity contribution < 1.29 is 13.5 Å². The molecule has 0 unspecified atom stereocenters. The van der Waals surface area contributed by atoms with Gasteiger partial charge in [-0.1, -0.05) is 11.6 Å². The maximum absolute atomic E-state index is 15.8. The van der Waals surface area contributed by atoms with Gasteiger partial charge in [-0.05, 0) is 12.1 Å². The number of H-pyrrole nitrogens is 1. The Morgan fingerprint density at radius 3 is 2.93 bits per heavy atom. The number of halogens is 3. The summed E-state index contributed by atoms with van der Waals surface area (Å²) >= 11 is 6.66. The number of fused-ring (bicyclic) bond motifs is 3. The van der Waals surface area contributed by atoms with Crippen molar-refractivity contribution >= 4 is 39.4 Å². The zero-order chi connectivity index (χ0) is 20.4. The molecule has 1 atom stereocenters. The molecule has 0 radical (unpaired) electrons. The number of nitrogens with zero attached hydrogens (tertiary/aromatic N) is 5. The van der Waals surface area contributed by atoms with Crippen LogP contribution in [0.3, 0.4) is 0 Å². The smallest absolute Gasteiger partial charge is 0.159 e. The van der Waals surface area contributed by atoms with E-state index >= 15 is 4.39 Å². The van der Waals surface area contributed by atoms with Crippen LogP contribution in [0.5, 0.6) is 5.75 Å². The lowest BCUT2D eigenvalue weighted by Gasteiger charge is -2.35. The SMILES string of the molecule is Fc1ccc2n[nH]nc2c1-c1c(Cl)c2c3c(ncnc3c1F)N1CCNC[C@H]1CO2. The fraction of sp³-hybridized carbons (Fsp3) is 0.263. The first-order valence-electron chi connectivity index (χ1n) is 9.40. The van der Waals surface area contributed by atoms with Gasteiger partial charge < -0.3 is 15.0 Å². The topological polar surface area (TPSA) is 91.8 Å². The molecule has 1 fully saturated rings. The number of benzene rings is 2. The molecule has 2 aliphatic rings. The van der Waals surface area contributed by atoms with Gasteiger partial charge in [-0.25, -0.2) is 18.7 Å². The Bertz CT molecular complexity index is 1330. The highest BCUT2D eigenvalue weighted by atomic mass is 35.5. The summed E-state index contributed by atoms with van der Waals surface area (Å²) < 4.78 is 36.8. The maximum Gasteiger partial charge on any atom is 0.159 e. The van der Waals surface area contributed by atoms with Crippen LogP contribution in [0.4, 0.5) is 14.6 Å². The molecule has 2 N–H and O–H groups in total. The van der Waals surface area contributed by atoms with Crippen molar-refractivity contribution in [2.75, 3.05) is 31.1 Å². The molecule has 2 aromatic carbocycles. The minimum atomic E-state index is -0.756. The Labute approximate surface area is 173 Å². The van der Waals surface area contributed by atoms with E-state index in [1.54, 1.807) is 0 Å². The van der Waals surface area contributed by atoms with Gasteiger partial charge in [-0.3, -0.25) is 0 Å². The van der Waals surface area contributed by atoms with Gasteiger partial charge in [-0.15, -0.1) is 0 Å². The van der Waals surface area contributed by atoms with E-state index < -0.39 is 11.6 Å². The Morgan fingerprint density at radius 1 is 1.13 bits per heavy atom. The van der Waals surface area contributed by atoms with Crippen molar-refractivity contribution in [3.05, 3.63) is 35.1 Å². The van der Waals surface area contributed by atoms with Crippen LogP contribution in [-0.2, 0) is 0 Å². The summed E-state index contributed by atoms with van der Waals surface area (Å²) in [4.78, 5) is 10.6. The first-order valence-corrected chi connectivity index (χ1v) is 9.78. The summed E-state index contributed by atoms with van der Waals surface area (Å²) in [5.41, 5.74) is 0.341. The van der Waals surface area contributed by atoms with Gasteiger partial charge >= 0.3 is 0 Å². The highest BCUT2D eigenvalue weighted by Crippen LogP contribution is 2.48. The second kappa shape index (κ2) is 6.44. The van der Waals surface area contributed by atoms with Crippen LogP contribution >= 0.6 is 11.6 Å². The Hall–Kier alpha value is -3.11. The number of nitrogens with one attached hydrogen (secondary N) is 2. The lowest BCUT2D eigenvalue weighted by atomic mass is 9.99. The summed E-state index contributed by atoms with van der Waals surface area (Å²) in [7, 11) is 0. The highest BCUT2D eigenvalue weighted by molar-refractivity contribution is 6.37. The predicted octanol–water partition coefficient (Wildman–Crippen LogP) is 2.67. The van der Waals surface area contributed by atoms with E-state index in [0.717, 1.165) is 6.54 Å². The van der Waals surface area contributed by atoms with Crippen molar-refractivity contribution in [2.45, 2.75) is 6.04 Å². The number of rotatable bonds is 1. The number of hydrogen-bond acceptors (Lipinski definition) is 7. The van der Waals surface area contributed by atoms with Crippen LogP contribution in [0, 0.1) is 11.6 Å². The first kappa shape index (κ1) is 17.7. The van der Waals surface area contributed by atoms with Gasteiger partial charge in [0.05, 0.1) is 22.0 Å². The summed E-state index contributed by atoms with van der Waals surface area (Å²) in [5.74, 6) is -0.623. The van der Waals surface area contributed by atoms with E-state index in [1.165, 1.54) is 18.5 Å². The lowest BCUT2D eigenvalue weighted by Crippen LogP contribution is -2.53. The van der Waals surface area contributed by atoms with Gasteiger partial charge in [0.2, 0.25) is 0 Å². The quantitative estimate of drug-likeness (QED) is 0.480. The third-order valence-electron chi connectivity index (χ3n) is 5.63. The standard InChI is InChI=1S/C19H14ClF2N7O/c20-14-12(11-9(21)1-2-10-16(11)27-28-26-10)15(22)17-13-18(14)30-6-8-5-23-3-4-29(8)19(13)25-7-24-17/h1-2,7-8,23H,3-6H2,(H,26,27,28)/t8-/m0/s1. The molecule has 8 nitrogen and oxygen atoms in total. The molecular weight excluding hydrogens is 416 g/mol. The molecule has 4 aromatic rings. The first-order chi connectivity index (χ1) is 14.6. The normalized spacial score (nSPS) is 18.4. The number of anilines is 1. The van der Waals surface area contributed by atoms with Gasteiger partial charge in [0.25, 0.3) is 0 Å². The summed E-state index contributed by atoms with van der Waals surface area (Å²) in [6.45, 7) is 2.47. The average molecular weight is 430 g/mol. The van der Waals surface area contributed by atoms with E-state index in [0.29, 0.717) is 36.4 Å². The summed E-state index contributed by atoms with van der Waals surface area (Å²) in [5, 5.41) is 14.1. The predicted molar refractivity (Wildman–Crippen MR) is 107 cm³/mol. The van der Waals surface area contributed by atoms with Gasteiger partial charge in [0, 0.05) is 25.2 Å². The molecule has 4 heterocycles. The van der Waals surface area contributed by atoms with Crippen LogP contribution in [0.1, 0.15) is 0 Å². The third kappa shape index (κ3) is 2.34. The lowest BCUT2D eigenvalue weighted by molar-refractivity contribution is 0.274. The van der Waals surface area contributed by atoms with Crippen molar-refractivity contribution in [1.29, 1.82) is 0 Å². The molecule has 6 rings (SSSR count). The van der Waals surface area contributed by atoms with Gasteiger partial charge in [-0.2, -0.15) is 15.4 Å². The van der Waals surface area contributed by atoms with Crippen LogP contribution in [0.15, 0.2) is 18.5 Å². The number of ether oxygens (including phenoxy) is 1. The largest absolute Gasteiger partial charge is 0.489 e. The molecule has 0 spiro atoms. The van der Waals surface area contributed by atoms with Crippen LogP contribution in [-0.4, -0.2) is 57.7 Å². The van der Waals surface area contributed by atoms with Crippen molar-refractivity contribution in [1.82, 2.24) is 30.7 Å². The van der Waals surface area contributed by atoms with Gasteiger partial charge in [0.15, 0.2) is 11.6 Å². The number of piperazine rings is 1. The zero-order valence-corrected chi connectivity index (χ0v) is 16.2. The molecule has 152 valence electrons. The Morgan fingerprint density at radius 2 is 2.03 bits per heavy atom. The van der Waals surface area contributed by atoms with E-state index in [1.807, 2.05) is 0 Å². The van der Waals surface area contributed by atoms with Gasteiger partial charge in [0.1, 0.15) is 41.1 Å². The third-order valence-corrected chi connectivity index (χ3v) is 5.99. The average Bonchev–Trinajstić information content (AvgIpc) is 3.17. The van der Waals surface area contributed by atoms with E-state index in [4.69, 9.17) is 16.3 Å². The molecule has 2 aliphatic heterocycles. The van der Waals surface area contributed by atoms with Crippen LogP contribution in [0.2, 0.25) is 5.02 Å². The van der Waals surface area contributed by atoms with E-state index in [9.17, 15) is 4.39 Å². The minimum Gasteiger partial charge on any atom is -0.489 e. The fourth-order valence-electron chi connectivity index (χ4n) is 4.26. The number of hydrogen-bond donors (Lipinski definition) is 2. The van der Waals surface area contributed by atoms with Crippen molar-refractivity contribution in [2.24, 2.45) is 0 Å². The number of aromatic amines is 1. The molecule has 2 aromatic heterocycles. The molecule has 0 saturated carbocycles. The molecular formula is C19H14ClF2N7O. The zero-order valence-electron chi connectivity index (χ0n) is 15.4. The molecule has 0 bridgehead atoms. The molecule has 11 heteroatoms. The molecule has 30 heavy (non-hydrogen) atoms. The van der Waals surface area contributed by atoms with E-state index in [-0.39, 0.29) is 39.0 Å². The maximum atomic E-state index is 15.8. The van der Waals surface area contributed by atoms with Crippen LogP contribution in [0.25, 0.3) is 33.1 Å². The second-order valence-electron chi connectivity index (χ2n) is 7.23. The second-order valence-corrected chi connectivity index (χ2v) is 7.61. The highest BCUT2D eigenvalue weighted by Gasteiger charge is 2.34. The summed E-state index contributed by atoms with van der Waals surface area (Å²) in [6.07, 6.45) is 1.31. The number of aromatic nitrogens is 5. The van der Waals surface area contributed by atoms with Crippen molar-refractivity contribution in [3.63, 3.8) is 0 Å². The fourth-order valence-corrected chi connectivity index (χ4v) is 4.58. The minimum absolute atomic E-state index is 0.00235. The Kier molecular flexibility index (Phi) is 3.81. The molecule has 1 saturated heterocycles. The van der Waals surface area contributed by atoms with Crippen LogP contribution < -0.4 is 15.0 Å².